The summed E-state index contributed by atoms with van der Waals surface area (Å²) in [7, 11) is 0. The van der Waals surface area contributed by atoms with Gasteiger partial charge in [-0.05, 0) is 37.3 Å². The molecule has 1 aliphatic carbocycles. The van der Waals surface area contributed by atoms with E-state index in [-0.39, 0.29) is 0 Å². The molecule has 0 aromatic carbocycles. The number of rotatable bonds is 8. The zero-order valence-electron chi connectivity index (χ0n) is 12.5. The standard InChI is InChI=1S/C16H27N3O/c1-2-12-20-16-14(17)9-10-15(19-16)18-11-5-8-13-6-3-4-7-13/h9-10,13H,2-8,11-12,17H2,1H3,(H,18,19). The van der Waals surface area contributed by atoms with Gasteiger partial charge in [0.15, 0.2) is 0 Å². The van der Waals surface area contributed by atoms with E-state index >= 15 is 0 Å². The van der Waals surface area contributed by atoms with Crippen LogP contribution in [-0.4, -0.2) is 18.1 Å². The summed E-state index contributed by atoms with van der Waals surface area (Å²) >= 11 is 0. The molecular weight excluding hydrogens is 250 g/mol. The van der Waals surface area contributed by atoms with Crippen LogP contribution in [0.4, 0.5) is 11.5 Å². The van der Waals surface area contributed by atoms with Crippen molar-refractivity contribution >= 4 is 11.5 Å². The summed E-state index contributed by atoms with van der Waals surface area (Å²) in [5, 5.41) is 3.37. The van der Waals surface area contributed by atoms with E-state index in [0.717, 1.165) is 24.7 Å². The van der Waals surface area contributed by atoms with Crippen LogP contribution in [0, 0.1) is 5.92 Å². The van der Waals surface area contributed by atoms with Crippen molar-refractivity contribution in [2.45, 2.75) is 51.9 Å². The second kappa shape index (κ2) is 7.98. The fourth-order valence-corrected chi connectivity index (χ4v) is 2.77. The van der Waals surface area contributed by atoms with Crippen LogP contribution in [0.2, 0.25) is 0 Å². The molecule has 0 aliphatic heterocycles. The molecule has 20 heavy (non-hydrogen) atoms. The van der Waals surface area contributed by atoms with Crippen LogP contribution in [0.5, 0.6) is 5.88 Å². The molecule has 0 bridgehead atoms. The molecule has 0 atom stereocenters. The smallest absolute Gasteiger partial charge is 0.239 e. The summed E-state index contributed by atoms with van der Waals surface area (Å²) in [5.74, 6) is 2.36. The summed E-state index contributed by atoms with van der Waals surface area (Å²) in [6.07, 6.45) is 9.21. The van der Waals surface area contributed by atoms with Gasteiger partial charge in [-0.3, -0.25) is 0 Å². The predicted octanol–water partition coefficient (Wildman–Crippen LogP) is 3.83. The quantitative estimate of drug-likeness (QED) is 0.709. The van der Waals surface area contributed by atoms with Crippen molar-refractivity contribution in [3.63, 3.8) is 0 Å². The fraction of sp³-hybridized carbons (Fsp3) is 0.688. The van der Waals surface area contributed by atoms with Gasteiger partial charge in [0.25, 0.3) is 0 Å². The van der Waals surface area contributed by atoms with Crippen molar-refractivity contribution in [3.8, 4) is 5.88 Å². The van der Waals surface area contributed by atoms with Gasteiger partial charge in [-0.2, -0.15) is 4.98 Å². The van der Waals surface area contributed by atoms with Crippen molar-refractivity contribution in [2.75, 3.05) is 24.2 Å². The van der Waals surface area contributed by atoms with Gasteiger partial charge in [0, 0.05) is 6.54 Å². The molecule has 1 aromatic heterocycles. The van der Waals surface area contributed by atoms with Crippen LogP contribution in [0.3, 0.4) is 0 Å². The van der Waals surface area contributed by atoms with E-state index in [0.29, 0.717) is 18.2 Å². The Hall–Kier alpha value is -1.45. The highest BCUT2D eigenvalue weighted by Crippen LogP contribution is 2.28. The van der Waals surface area contributed by atoms with E-state index in [4.69, 9.17) is 10.5 Å². The van der Waals surface area contributed by atoms with E-state index in [9.17, 15) is 0 Å². The van der Waals surface area contributed by atoms with Gasteiger partial charge < -0.3 is 15.8 Å². The maximum atomic E-state index is 5.85. The molecule has 0 saturated heterocycles. The first-order chi connectivity index (χ1) is 9.79. The first-order valence-corrected chi connectivity index (χ1v) is 7.92. The number of nitrogens with two attached hydrogens (primary N) is 1. The topological polar surface area (TPSA) is 60.2 Å². The minimum atomic E-state index is 0.549. The molecule has 4 heteroatoms. The van der Waals surface area contributed by atoms with Gasteiger partial charge in [-0.25, -0.2) is 0 Å². The maximum Gasteiger partial charge on any atom is 0.239 e. The van der Waals surface area contributed by atoms with Crippen LogP contribution >= 0.6 is 0 Å². The lowest BCUT2D eigenvalue weighted by atomic mass is 10.0. The zero-order chi connectivity index (χ0) is 14.2. The summed E-state index contributed by atoms with van der Waals surface area (Å²) in [5.41, 5.74) is 6.46. The van der Waals surface area contributed by atoms with Crippen LogP contribution < -0.4 is 15.8 Å². The van der Waals surface area contributed by atoms with Gasteiger partial charge in [0.2, 0.25) is 5.88 Å². The highest BCUT2D eigenvalue weighted by molar-refractivity contribution is 5.53. The number of aromatic nitrogens is 1. The molecule has 1 heterocycles. The van der Waals surface area contributed by atoms with Crippen molar-refractivity contribution in [3.05, 3.63) is 12.1 Å². The Morgan fingerprint density at radius 2 is 2.15 bits per heavy atom. The number of hydrogen-bond donors (Lipinski definition) is 2. The van der Waals surface area contributed by atoms with Crippen LogP contribution in [0.15, 0.2) is 12.1 Å². The predicted molar refractivity (Wildman–Crippen MR) is 84.1 cm³/mol. The van der Waals surface area contributed by atoms with E-state index in [1.807, 2.05) is 12.1 Å². The second-order valence-corrected chi connectivity index (χ2v) is 5.66. The third-order valence-electron chi connectivity index (χ3n) is 3.90. The third kappa shape index (κ3) is 4.58. The summed E-state index contributed by atoms with van der Waals surface area (Å²) in [4.78, 5) is 4.42. The number of nitrogens with zero attached hydrogens (tertiary/aromatic N) is 1. The van der Waals surface area contributed by atoms with E-state index < -0.39 is 0 Å². The molecule has 1 aliphatic rings. The van der Waals surface area contributed by atoms with E-state index in [2.05, 4.69) is 17.2 Å². The Morgan fingerprint density at radius 1 is 1.35 bits per heavy atom. The molecule has 0 unspecified atom stereocenters. The van der Waals surface area contributed by atoms with Crippen molar-refractivity contribution in [1.82, 2.24) is 4.98 Å². The first kappa shape index (κ1) is 14.9. The van der Waals surface area contributed by atoms with Crippen molar-refractivity contribution in [2.24, 2.45) is 5.92 Å². The zero-order valence-corrected chi connectivity index (χ0v) is 12.5. The molecular formula is C16H27N3O. The Kier molecular flexibility index (Phi) is 5.96. The number of pyridine rings is 1. The Balaban J connectivity index is 1.74. The molecule has 0 amide bonds. The van der Waals surface area contributed by atoms with Gasteiger partial charge in [0.1, 0.15) is 5.82 Å². The number of nitrogens with one attached hydrogen (secondary N) is 1. The molecule has 1 fully saturated rings. The van der Waals surface area contributed by atoms with Gasteiger partial charge >= 0.3 is 0 Å². The normalized spacial score (nSPS) is 15.4. The van der Waals surface area contributed by atoms with Crippen LogP contribution in [0.25, 0.3) is 0 Å². The molecule has 0 spiro atoms. The van der Waals surface area contributed by atoms with Crippen molar-refractivity contribution < 1.29 is 4.74 Å². The number of ether oxygens (including phenoxy) is 1. The Morgan fingerprint density at radius 3 is 2.90 bits per heavy atom. The van der Waals surface area contributed by atoms with Crippen LogP contribution in [-0.2, 0) is 0 Å². The van der Waals surface area contributed by atoms with Crippen molar-refractivity contribution in [1.29, 1.82) is 0 Å². The second-order valence-electron chi connectivity index (χ2n) is 5.66. The Labute approximate surface area is 122 Å². The van der Waals surface area contributed by atoms with Crippen LogP contribution in [0.1, 0.15) is 51.9 Å². The average molecular weight is 277 g/mol. The lowest BCUT2D eigenvalue weighted by molar-refractivity contribution is 0.307. The monoisotopic (exact) mass is 277 g/mol. The lowest BCUT2D eigenvalue weighted by Crippen LogP contribution is -2.07. The molecule has 1 aromatic rings. The molecule has 4 nitrogen and oxygen atoms in total. The molecule has 0 radical (unpaired) electrons. The van der Waals surface area contributed by atoms with E-state index in [1.165, 1.54) is 38.5 Å². The molecule has 2 rings (SSSR count). The summed E-state index contributed by atoms with van der Waals surface area (Å²) < 4.78 is 5.54. The highest BCUT2D eigenvalue weighted by atomic mass is 16.5. The molecule has 112 valence electrons. The Bertz CT molecular complexity index is 403. The average Bonchev–Trinajstić information content (AvgIpc) is 2.97. The fourth-order valence-electron chi connectivity index (χ4n) is 2.77. The third-order valence-corrected chi connectivity index (χ3v) is 3.90. The maximum absolute atomic E-state index is 5.85. The van der Waals surface area contributed by atoms with Gasteiger partial charge in [-0.1, -0.05) is 32.6 Å². The van der Waals surface area contributed by atoms with Gasteiger partial charge in [-0.15, -0.1) is 0 Å². The minimum Gasteiger partial charge on any atom is -0.476 e. The van der Waals surface area contributed by atoms with Gasteiger partial charge in [0.05, 0.1) is 12.3 Å². The minimum absolute atomic E-state index is 0.549. The first-order valence-electron chi connectivity index (χ1n) is 7.92. The van der Waals surface area contributed by atoms with E-state index in [1.54, 1.807) is 0 Å². The largest absolute Gasteiger partial charge is 0.476 e. The molecule has 3 N–H and O–H groups in total. The number of nitrogen functional groups attached to an aromatic ring is 1. The summed E-state index contributed by atoms with van der Waals surface area (Å²) in [6, 6.07) is 3.78. The number of anilines is 2. The lowest BCUT2D eigenvalue weighted by Gasteiger charge is -2.11. The number of hydrogen-bond acceptors (Lipinski definition) is 4. The summed E-state index contributed by atoms with van der Waals surface area (Å²) in [6.45, 7) is 3.70. The highest BCUT2D eigenvalue weighted by Gasteiger charge is 2.14. The molecule has 1 saturated carbocycles. The SMILES string of the molecule is CCCOc1nc(NCCCC2CCCC2)ccc1N.